The van der Waals surface area contributed by atoms with Crippen molar-refractivity contribution in [1.82, 2.24) is 4.98 Å². The van der Waals surface area contributed by atoms with Gasteiger partial charge in [-0.3, -0.25) is 14.4 Å². The number of amides is 1. The average molecular weight is 384 g/mol. The van der Waals surface area contributed by atoms with Crippen LogP contribution < -0.4 is 15.6 Å². The lowest BCUT2D eigenvalue weighted by molar-refractivity contribution is -0.137. The quantitative estimate of drug-likeness (QED) is 0.502. The highest BCUT2D eigenvalue weighted by Crippen LogP contribution is 2.20. The number of nitrogens with one attached hydrogen (secondary N) is 2. The summed E-state index contributed by atoms with van der Waals surface area (Å²) >= 11 is 0. The lowest BCUT2D eigenvalue weighted by atomic mass is 10.1. The van der Waals surface area contributed by atoms with Crippen LogP contribution in [-0.4, -0.2) is 28.6 Å². The Hall–Kier alpha value is -3.09. The molecule has 0 radical (unpaired) electrons. The normalized spacial score (nSPS) is 13.3. The lowest BCUT2D eigenvalue weighted by Crippen LogP contribution is -2.25. The highest BCUT2D eigenvalue weighted by atomic mass is 16.5. The standard InChI is InChI=1S/C21H24N2O5/c24-19(25)7-4-12-28-16-10-8-15(9-11-16)22-20(26)17-13-14-5-2-1-3-6-18(14)23-21(17)27/h8-11,13H,1-7,12H2,(H,22,26)(H,23,27)(H,24,25). The summed E-state index contributed by atoms with van der Waals surface area (Å²) in [7, 11) is 0. The molecular weight excluding hydrogens is 360 g/mol. The molecule has 1 aromatic heterocycles. The Labute approximate surface area is 162 Å². The summed E-state index contributed by atoms with van der Waals surface area (Å²) in [6.45, 7) is 0.308. The Morgan fingerprint density at radius 3 is 2.61 bits per heavy atom. The van der Waals surface area contributed by atoms with Gasteiger partial charge in [-0.05, 0) is 68.0 Å². The van der Waals surface area contributed by atoms with Crippen LogP contribution in [0, 0.1) is 0 Å². The number of carbonyl (C=O) groups is 2. The van der Waals surface area contributed by atoms with Gasteiger partial charge in [0.15, 0.2) is 0 Å². The molecule has 0 saturated carbocycles. The molecule has 0 aliphatic heterocycles. The largest absolute Gasteiger partial charge is 0.494 e. The van der Waals surface area contributed by atoms with Crippen LogP contribution in [0.2, 0.25) is 0 Å². The zero-order valence-electron chi connectivity index (χ0n) is 15.6. The minimum Gasteiger partial charge on any atom is -0.494 e. The molecule has 0 saturated heterocycles. The predicted molar refractivity (Wildman–Crippen MR) is 105 cm³/mol. The summed E-state index contributed by atoms with van der Waals surface area (Å²) in [5.41, 5.74) is 2.30. The van der Waals surface area contributed by atoms with Crippen molar-refractivity contribution in [2.45, 2.75) is 44.9 Å². The maximum atomic E-state index is 12.5. The molecule has 1 heterocycles. The molecule has 3 rings (SSSR count). The first-order valence-corrected chi connectivity index (χ1v) is 9.54. The zero-order chi connectivity index (χ0) is 19.9. The first-order chi connectivity index (χ1) is 13.5. The highest BCUT2D eigenvalue weighted by molar-refractivity contribution is 6.04. The third kappa shape index (κ3) is 5.22. The van der Waals surface area contributed by atoms with Crippen LogP contribution >= 0.6 is 0 Å². The van der Waals surface area contributed by atoms with Crippen molar-refractivity contribution in [3.63, 3.8) is 0 Å². The first kappa shape index (κ1) is 19.7. The van der Waals surface area contributed by atoms with Gasteiger partial charge in [-0.1, -0.05) is 6.42 Å². The van der Waals surface area contributed by atoms with Crippen LogP contribution in [0.4, 0.5) is 5.69 Å². The number of carbonyl (C=O) groups excluding carboxylic acids is 1. The maximum absolute atomic E-state index is 12.5. The molecule has 0 unspecified atom stereocenters. The van der Waals surface area contributed by atoms with Crippen molar-refractivity contribution in [3.05, 3.63) is 57.5 Å². The van der Waals surface area contributed by atoms with Gasteiger partial charge in [0.1, 0.15) is 11.3 Å². The third-order valence-electron chi connectivity index (χ3n) is 4.75. The number of aryl methyl sites for hydroxylation is 2. The number of rotatable bonds is 7. The van der Waals surface area contributed by atoms with Crippen LogP contribution in [0.15, 0.2) is 35.1 Å². The summed E-state index contributed by atoms with van der Waals surface area (Å²) in [5.74, 6) is -0.705. The molecule has 1 aromatic carbocycles. The molecule has 7 nitrogen and oxygen atoms in total. The Morgan fingerprint density at radius 1 is 1.11 bits per heavy atom. The number of aromatic amines is 1. The van der Waals surface area contributed by atoms with Crippen molar-refractivity contribution < 1.29 is 19.4 Å². The predicted octanol–water partition coefficient (Wildman–Crippen LogP) is 3.14. The molecule has 2 aromatic rings. The van der Waals surface area contributed by atoms with Crippen molar-refractivity contribution in [2.75, 3.05) is 11.9 Å². The third-order valence-corrected chi connectivity index (χ3v) is 4.75. The summed E-state index contributed by atoms with van der Waals surface area (Å²) in [6.07, 6.45) is 5.45. The second-order valence-electron chi connectivity index (χ2n) is 6.90. The number of ether oxygens (including phenoxy) is 1. The van der Waals surface area contributed by atoms with Crippen molar-refractivity contribution >= 4 is 17.6 Å². The number of pyridine rings is 1. The molecule has 1 aliphatic rings. The van der Waals surface area contributed by atoms with E-state index in [9.17, 15) is 14.4 Å². The Balaban J connectivity index is 1.62. The minimum atomic E-state index is -0.852. The van der Waals surface area contributed by atoms with E-state index in [1.54, 1.807) is 30.3 Å². The van der Waals surface area contributed by atoms with E-state index >= 15 is 0 Å². The summed E-state index contributed by atoms with van der Waals surface area (Å²) in [6, 6.07) is 8.47. The van der Waals surface area contributed by atoms with E-state index in [1.807, 2.05) is 0 Å². The molecule has 7 heteroatoms. The lowest BCUT2D eigenvalue weighted by Gasteiger charge is -2.10. The zero-order valence-corrected chi connectivity index (χ0v) is 15.6. The van der Waals surface area contributed by atoms with Gasteiger partial charge in [-0.2, -0.15) is 0 Å². The number of carboxylic acid groups (broad SMARTS) is 1. The van der Waals surface area contributed by atoms with E-state index in [-0.39, 0.29) is 17.5 Å². The summed E-state index contributed by atoms with van der Waals surface area (Å²) in [5, 5.41) is 11.3. The fourth-order valence-electron chi connectivity index (χ4n) is 3.27. The molecule has 1 amide bonds. The van der Waals surface area contributed by atoms with Crippen molar-refractivity contribution in [2.24, 2.45) is 0 Å². The molecule has 28 heavy (non-hydrogen) atoms. The highest BCUT2D eigenvalue weighted by Gasteiger charge is 2.16. The van der Waals surface area contributed by atoms with Crippen LogP contribution in [-0.2, 0) is 17.6 Å². The first-order valence-electron chi connectivity index (χ1n) is 9.54. The second-order valence-corrected chi connectivity index (χ2v) is 6.90. The molecule has 1 aliphatic carbocycles. The summed E-state index contributed by atoms with van der Waals surface area (Å²) < 4.78 is 5.46. The number of carboxylic acids is 1. The number of anilines is 1. The molecule has 3 N–H and O–H groups in total. The van der Waals surface area contributed by atoms with Gasteiger partial charge in [0.25, 0.3) is 11.5 Å². The Bertz CT molecular complexity index is 902. The van der Waals surface area contributed by atoms with Crippen LogP contribution in [0.1, 0.15) is 53.7 Å². The second kappa shape index (κ2) is 9.21. The SMILES string of the molecule is O=C(O)CCCOc1ccc(NC(=O)c2cc3c([nH]c2=O)CCCCC3)cc1. The van der Waals surface area contributed by atoms with Crippen LogP contribution in [0.3, 0.4) is 0 Å². The Kier molecular flexibility index (Phi) is 6.47. The Morgan fingerprint density at radius 2 is 1.86 bits per heavy atom. The van der Waals surface area contributed by atoms with Crippen LogP contribution in [0.25, 0.3) is 0 Å². The van der Waals surface area contributed by atoms with E-state index < -0.39 is 11.9 Å². The number of hydrogen-bond donors (Lipinski definition) is 3. The number of aliphatic carboxylic acids is 1. The van der Waals surface area contributed by atoms with Gasteiger partial charge in [-0.15, -0.1) is 0 Å². The molecule has 0 atom stereocenters. The summed E-state index contributed by atoms with van der Waals surface area (Å²) in [4.78, 5) is 38.2. The molecule has 0 spiro atoms. The van der Waals surface area contributed by atoms with Gasteiger partial charge in [0.2, 0.25) is 0 Å². The van der Waals surface area contributed by atoms with Crippen molar-refractivity contribution in [1.29, 1.82) is 0 Å². The van der Waals surface area contributed by atoms with E-state index in [0.29, 0.717) is 24.5 Å². The maximum Gasteiger partial charge on any atom is 0.303 e. The van der Waals surface area contributed by atoms with Gasteiger partial charge in [0.05, 0.1) is 6.61 Å². The van der Waals surface area contributed by atoms with Crippen molar-refractivity contribution in [3.8, 4) is 5.75 Å². The van der Waals surface area contributed by atoms with Gasteiger partial charge >= 0.3 is 5.97 Å². The monoisotopic (exact) mass is 384 g/mol. The number of H-pyrrole nitrogens is 1. The minimum absolute atomic E-state index is 0.0590. The molecule has 0 fully saturated rings. The number of fused-ring (bicyclic) bond motifs is 1. The van der Waals surface area contributed by atoms with E-state index in [2.05, 4.69) is 10.3 Å². The molecule has 0 bridgehead atoms. The number of aromatic nitrogens is 1. The molecular formula is C21H24N2O5. The number of hydrogen-bond acceptors (Lipinski definition) is 4. The topological polar surface area (TPSA) is 108 Å². The van der Waals surface area contributed by atoms with E-state index in [1.165, 1.54) is 0 Å². The van der Waals surface area contributed by atoms with E-state index in [4.69, 9.17) is 9.84 Å². The fourth-order valence-corrected chi connectivity index (χ4v) is 3.27. The number of benzene rings is 1. The average Bonchev–Trinajstić information content (AvgIpc) is 2.90. The molecule has 148 valence electrons. The van der Waals surface area contributed by atoms with Gasteiger partial charge in [-0.25, -0.2) is 0 Å². The smallest absolute Gasteiger partial charge is 0.303 e. The van der Waals surface area contributed by atoms with Gasteiger partial charge in [0, 0.05) is 17.8 Å². The van der Waals surface area contributed by atoms with E-state index in [0.717, 1.165) is 43.4 Å². The van der Waals surface area contributed by atoms with Crippen LogP contribution in [0.5, 0.6) is 5.75 Å². The fraction of sp³-hybridized carbons (Fsp3) is 0.381. The van der Waals surface area contributed by atoms with Gasteiger partial charge < -0.3 is 20.1 Å².